The van der Waals surface area contributed by atoms with E-state index in [0.29, 0.717) is 23.2 Å². The first-order chi connectivity index (χ1) is 16.6. The molecule has 176 valence electrons. The van der Waals surface area contributed by atoms with Gasteiger partial charge in [-0.1, -0.05) is 18.2 Å². The average Bonchev–Trinajstić information content (AvgIpc) is 3.49. The first kappa shape index (κ1) is 22.4. The van der Waals surface area contributed by atoms with Crippen LogP contribution in [0.1, 0.15) is 25.5 Å². The predicted octanol–water partition coefficient (Wildman–Crippen LogP) is 4.41. The minimum Gasteiger partial charge on any atom is -0.454 e. The highest BCUT2D eigenvalue weighted by atomic mass is 32.1. The first-order valence-corrected chi connectivity index (χ1v) is 12.2. The van der Waals surface area contributed by atoms with Crippen LogP contribution in [0.5, 0.6) is 11.5 Å². The molecule has 5 rings (SSSR count). The molecule has 2 aromatic carbocycles. The summed E-state index contributed by atoms with van der Waals surface area (Å²) in [5.41, 5.74) is 2.47. The van der Waals surface area contributed by atoms with E-state index in [2.05, 4.69) is 10.2 Å². The highest BCUT2D eigenvalue weighted by molar-refractivity contribution is 7.14. The number of para-hydroxylation sites is 1. The second-order valence-corrected chi connectivity index (χ2v) is 9.26. The molecule has 0 aliphatic carbocycles. The molecule has 0 atom stereocenters. The monoisotopic (exact) mass is 478 g/mol. The number of rotatable bonds is 6. The van der Waals surface area contributed by atoms with Crippen molar-refractivity contribution in [3.8, 4) is 11.5 Å². The lowest BCUT2D eigenvalue weighted by atomic mass is 9.95. The Morgan fingerprint density at radius 3 is 2.65 bits per heavy atom. The van der Waals surface area contributed by atoms with Crippen molar-refractivity contribution in [3.63, 3.8) is 0 Å². The van der Waals surface area contributed by atoms with Crippen LogP contribution in [0.15, 0.2) is 53.9 Å². The predicted molar refractivity (Wildman–Crippen MR) is 131 cm³/mol. The number of aromatic nitrogens is 1. The van der Waals surface area contributed by atoms with Gasteiger partial charge < -0.3 is 14.8 Å². The van der Waals surface area contributed by atoms with Crippen molar-refractivity contribution < 1.29 is 19.1 Å². The fourth-order valence-corrected chi connectivity index (χ4v) is 5.15. The van der Waals surface area contributed by atoms with E-state index in [9.17, 15) is 9.59 Å². The molecule has 1 saturated heterocycles. The molecule has 2 amide bonds. The van der Waals surface area contributed by atoms with Crippen LogP contribution >= 0.6 is 11.3 Å². The van der Waals surface area contributed by atoms with Gasteiger partial charge in [0.1, 0.15) is 0 Å². The Morgan fingerprint density at radius 2 is 1.88 bits per heavy atom. The highest BCUT2D eigenvalue weighted by Gasteiger charge is 2.26. The van der Waals surface area contributed by atoms with Crippen molar-refractivity contribution in [2.24, 2.45) is 5.92 Å². The van der Waals surface area contributed by atoms with Gasteiger partial charge in [0.2, 0.25) is 18.6 Å². The third-order valence-corrected chi connectivity index (χ3v) is 6.92. The Hall–Kier alpha value is -3.43. The molecule has 1 fully saturated rings. The highest BCUT2D eigenvalue weighted by Crippen LogP contribution is 2.35. The average molecular weight is 479 g/mol. The van der Waals surface area contributed by atoms with Gasteiger partial charge in [0, 0.05) is 36.5 Å². The minimum atomic E-state index is -0.0682. The molecule has 1 N–H and O–H groups in total. The molecule has 0 unspecified atom stereocenters. The second kappa shape index (κ2) is 9.82. The van der Waals surface area contributed by atoms with E-state index < -0.39 is 0 Å². The van der Waals surface area contributed by atoms with Crippen LogP contribution in [0.3, 0.4) is 0 Å². The van der Waals surface area contributed by atoms with Gasteiger partial charge in [-0.2, -0.15) is 0 Å². The lowest BCUT2D eigenvalue weighted by Crippen LogP contribution is -2.37. The number of hydrogen-bond donors (Lipinski definition) is 1. The van der Waals surface area contributed by atoms with Crippen LogP contribution < -0.4 is 19.7 Å². The third-order valence-electron chi connectivity index (χ3n) is 6.04. The summed E-state index contributed by atoms with van der Waals surface area (Å²) in [6.07, 6.45) is 1.58. The van der Waals surface area contributed by atoms with E-state index in [1.54, 1.807) is 17.9 Å². The SMILES string of the molecule is CC(=O)N(c1ccccc1)c1nc(CN2CCC(C(=O)Nc3ccc4c(c3)OCO4)CC2)cs1. The Balaban J connectivity index is 1.15. The number of carbonyl (C=O) groups is 2. The number of ether oxygens (including phenoxy) is 2. The molecule has 8 nitrogen and oxygen atoms in total. The number of fused-ring (bicyclic) bond motifs is 1. The number of amides is 2. The maximum atomic E-state index is 12.8. The summed E-state index contributed by atoms with van der Waals surface area (Å²) in [7, 11) is 0. The zero-order valence-electron chi connectivity index (χ0n) is 18.9. The smallest absolute Gasteiger partial charge is 0.231 e. The molecule has 0 saturated carbocycles. The number of thiazole rings is 1. The van der Waals surface area contributed by atoms with Gasteiger partial charge in [-0.15, -0.1) is 11.3 Å². The standard InChI is InChI=1S/C25H26N4O4S/c1-17(30)29(21-5-3-2-4-6-21)25-27-20(15-34-25)14-28-11-9-18(10-12-28)24(31)26-19-7-8-22-23(13-19)33-16-32-22/h2-8,13,15,18H,9-12,14,16H2,1H3,(H,26,31). The van der Waals surface area contributed by atoms with Gasteiger partial charge in [-0.05, 0) is 50.2 Å². The van der Waals surface area contributed by atoms with Crippen molar-refractivity contribution in [2.45, 2.75) is 26.3 Å². The number of carbonyl (C=O) groups excluding carboxylic acids is 2. The lowest BCUT2D eigenvalue weighted by molar-refractivity contribution is -0.121. The number of nitrogens with zero attached hydrogens (tertiary/aromatic N) is 3. The summed E-state index contributed by atoms with van der Waals surface area (Å²) < 4.78 is 10.7. The number of likely N-dealkylation sites (tertiary alicyclic amines) is 1. The summed E-state index contributed by atoms with van der Waals surface area (Å²) in [4.78, 5) is 33.7. The van der Waals surface area contributed by atoms with Gasteiger partial charge in [-0.25, -0.2) is 4.98 Å². The molecule has 34 heavy (non-hydrogen) atoms. The van der Waals surface area contributed by atoms with Crippen LogP contribution in [0.4, 0.5) is 16.5 Å². The molecule has 3 aromatic rings. The fourth-order valence-electron chi connectivity index (χ4n) is 4.28. The van der Waals surface area contributed by atoms with Crippen LogP contribution in [0, 0.1) is 5.92 Å². The van der Waals surface area contributed by atoms with Crippen molar-refractivity contribution in [3.05, 3.63) is 59.6 Å². The maximum Gasteiger partial charge on any atom is 0.231 e. The summed E-state index contributed by atoms with van der Waals surface area (Å²) in [5, 5.41) is 5.69. The number of piperidine rings is 1. The van der Waals surface area contributed by atoms with Crippen molar-refractivity contribution in [1.82, 2.24) is 9.88 Å². The topological polar surface area (TPSA) is 84.0 Å². The molecule has 2 aliphatic heterocycles. The molecular weight excluding hydrogens is 452 g/mol. The largest absolute Gasteiger partial charge is 0.454 e. The molecule has 1 aromatic heterocycles. The van der Waals surface area contributed by atoms with E-state index in [0.717, 1.165) is 43.0 Å². The molecule has 0 bridgehead atoms. The van der Waals surface area contributed by atoms with Gasteiger partial charge in [0.25, 0.3) is 0 Å². The molecular formula is C25H26N4O4S. The van der Waals surface area contributed by atoms with E-state index >= 15 is 0 Å². The van der Waals surface area contributed by atoms with Crippen LogP contribution in [-0.2, 0) is 16.1 Å². The number of hydrogen-bond acceptors (Lipinski definition) is 7. The van der Waals surface area contributed by atoms with Gasteiger partial charge >= 0.3 is 0 Å². The quantitative estimate of drug-likeness (QED) is 0.565. The minimum absolute atomic E-state index is 0.0287. The molecule has 0 spiro atoms. The molecule has 9 heteroatoms. The van der Waals surface area contributed by atoms with Gasteiger partial charge in [-0.3, -0.25) is 19.4 Å². The van der Waals surface area contributed by atoms with Crippen LogP contribution in [-0.4, -0.2) is 41.6 Å². The van der Waals surface area contributed by atoms with E-state index in [1.165, 1.54) is 11.3 Å². The third kappa shape index (κ3) is 4.90. The van der Waals surface area contributed by atoms with Crippen molar-refractivity contribution in [1.29, 1.82) is 0 Å². The van der Waals surface area contributed by atoms with Crippen LogP contribution in [0.25, 0.3) is 0 Å². The number of nitrogens with one attached hydrogen (secondary N) is 1. The fraction of sp³-hybridized carbons (Fsp3) is 0.320. The number of benzene rings is 2. The molecule has 0 radical (unpaired) electrons. The Morgan fingerprint density at radius 1 is 1.12 bits per heavy atom. The molecule has 2 aliphatic rings. The first-order valence-electron chi connectivity index (χ1n) is 11.3. The zero-order chi connectivity index (χ0) is 23.5. The normalized spacial score (nSPS) is 15.8. The summed E-state index contributed by atoms with van der Waals surface area (Å²) in [6, 6.07) is 15.0. The Kier molecular flexibility index (Phi) is 6.46. The van der Waals surface area contributed by atoms with E-state index in [-0.39, 0.29) is 24.5 Å². The Bertz CT molecular complexity index is 1170. The Labute approximate surface area is 202 Å². The zero-order valence-corrected chi connectivity index (χ0v) is 19.7. The summed E-state index contributed by atoms with van der Waals surface area (Å²) >= 11 is 1.47. The molecule has 3 heterocycles. The van der Waals surface area contributed by atoms with E-state index in [4.69, 9.17) is 14.5 Å². The van der Waals surface area contributed by atoms with Crippen molar-refractivity contribution in [2.75, 3.05) is 30.1 Å². The second-order valence-electron chi connectivity index (χ2n) is 8.42. The number of anilines is 3. The van der Waals surface area contributed by atoms with Gasteiger partial charge in [0.05, 0.1) is 11.4 Å². The summed E-state index contributed by atoms with van der Waals surface area (Å²) in [6.45, 7) is 4.11. The van der Waals surface area contributed by atoms with E-state index in [1.807, 2.05) is 47.8 Å². The van der Waals surface area contributed by atoms with Crippen molar-refractivity contribution >= 4 is 39.7 Å². The van der Waals surface area contributed by atoms with Gasteiger partial charge in [0.15, 0.2) is 16.6 Å². The maximum absolute atomic E-state index is 12.8. The summed E-state index contributed by atoms with van der Waals surface area (Å²) in [5.74, 6) is 1.30. The van der Waals surface area contributed by atoms with Crippen LogP contribution in [0.2, 0.25) is 0 Å². The lowest BCUT2D eigenvalue weighted by Gasteiger charge is -2.30.